The van der Waals surface area contributed by atoms with Gasteiger partial charge in [-0.2, -0.15) is 13.2 Å². The Labute approximate surface area is 116 Å². The normalized spacial score (nSPS) is 12.8. The zero-order valence-electron chi connectivity index (χ0n) is 11.5. The van der Waals surface area contributed by atoms with E-state index in [0.29, 0.717) is 0 Å². The molecule has 0 fully saturated rings. The van der Waals surface area contributed by atoms with Crippen molar-refractivity contribution in [2.75, 3.05) is 0 Å². The summed E-state index contributed by atoms with van der Waals surface area (Å²) in [6, 6.07) is 5.12. The summed E-state index contributed by atoms with van der Waals surface area (Å²) in [6.45, 7) is 5.72. The van der Waals surface area contributed by atoms with Crippen LogP contribution in [-0.2, 0) is 6.42 Å². The molecule has 1 aromatic carbocycles. The van der Waals surface area contributed by atoms with E-state index in [1.54, 1.807) is 12.1 Å². The number of alkyl halides is 3. The third-order valence-corrected chi connectivity index (χ3v) is 3.33. The molecule has 0 aliphatic carbocycles. The predicted molar refractivity (Wildman–Crippen MR) is 74.3 cm³/mol. The van der Waals surface area contributed by atoms with Crippen LogP contribution < -0.4 is 5.73 Å². The van der Waals surface area contributed by atoms with Crippen molar-refractivity contribution < 1.29 is 13.2 Å². The summed E-state index contributed by atoms with van der Waals surface area (Å²) < 4.78 is 37.1. The van der Waals surface area contributed by atoms with Crippen molar-refractivity contribution in [1.29, 1.82) is 0 Å². The average molecular weight is 291 g/mol. The Kier molecular flexibility index (Phi) is 5.33. The van der Waals surface area contributed by atoms with E-state index in [1.165, 1.54) is 0 Å². The Morgan fingerprint density at radius 3 is 2.32 bits per heavy atom. The molecule has 0 bridgehead atoms. The molecule has 0 heterocycles. The van der Waals surface area contributed by atoms with Crippen molar-refractivity contribution in [2.45, 2.75) is 56.0 Å². The monoisotopic (exact) mass is 291 g/mol. The van der Waals surface area contributed by atoms with Crippen LogP contribution in [0.1, 0.15) is 37.8 Å². The number of hydrogen-bond donors (Lipinski definition) is 1. The number of halogens is 3. The summed E-state index contributed by atoms with van der Waals surface area (Å²) in [6.07, 6.45) is 2.49. The van der Waals surface area contributed by atoms with Crippen LogP contribution in [0.2, 0.25) is 0 Å². The lowest BCUT2D eigenvalue weighted by molar-refractivity contribution is -0.0328. The van der Waals surface area contributed by atoms with Gasteiger partial charge in [0.05, 0.1) is 0 Å². The lowest BCUT2D eigenvalue weighted by Crippen LogP contribution is -2.31. The highest BCUT2D eigenvalue weighted by Gasteiger charge is 2.29. The predicted octanol–water partition coefficient (Wildman–Crippen LogP) is 4.67. The molecule has 5 heteroatoms. The largest absolute Gasteiger partial charge is 0.446 e. The van der Waals surface area contributed by atoms with Gasteiger partial charge in [0, 0.05) is 10.4 Å². The fraction of sp³-hybridized carbons (Fsp3) is 0.571. The topological polar surface area (TPSA) is 26.0 Å². The third-order valence-electron chi connectivity index (χ3n) is 2.63. The molecular weight excluding hydrogens is 271 g/mol. The summed E-state index contributed by atoms with van der Waals surface area (Å²) >= 11 is -0.0566. The molecular formula is C14H20F3NS. The molecule has 0 aliphatic heterocycles. The van der Waals surface area contributed by atoms with E-state index in [0.717, 1.165) is 30.4 Å². The summed E-state index contributed by atoms with van der Waals surface area (Å²) in [5, 5.41) is 0. The molecule has 1 nitrogen and oxygen atoms in total. The van der Waals surface area contributed by atoms with Crippen molar-refractivity contribution in [2.24, 2.45) is 5.73 Å². The van der Waals surface area contributed by atoms with Crippen molar-refractivity contribution in [1.82, 2.24) is 0 Å². The molecule has 0 unspecified atom stereocenters. The first-order valence-corrected chi connectivity index (χ1v) is 7.02. The first-order chi connectivity index (χ1) is 8.55. The lowest BCUT2D eigenvalue weighted by atomic mass is 9.96. The van der Waals surface area contributed by atoms with E-state index in [2.05, 4.69) is 0 Å². The summed E-state index contributed by atoms with van der Waals surface area (Å²) in [5.41, 5.74) is 3.23. The molecule has 2 N–H and O–H groups in total. The maximum absolute atomic E-state index is 12.4. The molecule has 19 heavy (non-hydrogen) atoms. The van der Waals surface area contributed by atoms with Crippen LogP contribution in [0.5, 0.6) is 0 Å². The molecule has 0 amide bonds. The molecule has 0 aromatic heterocycles. The van der Waals surface area contributed by atoms with E-state index < -0.39 is 5.51 Å². The summed E-state index contributed by atoms with van der Waals surface area (Å²) in [5.74, 6) is 0. The van der Waals surface area contributed by atoms with Gasteiger partial charge in [-0.1, -0.05) is 6.07 Å². The quantitative estimate of drug-likeness (QED) is 0.798. The average Bonchev–Trinajstić information content (AvgIpc) is 2.10. The second-order valence-corrected chi connectivity index (χ2v) is 6.68. The van der Waals surface area contributed by atoms with Gasteiger partial charge in [-0.05, 0) is 75.1 Å². The minimum absolute atomic E-state index is 0.0566. The molecule has 0 saturated heterocycles. The van der Waals surface area contributed by atoms with Crippen molar-refractivity contribution in [3.8, 4) is 0 Å². The number of nitrogens with two attached hydrogens (primary N) is 1. The second kappa shape index (κ2) is 6.18. The van der Waals surface area contributed by atoms with Gasteiger partial charge in [0.15, 0.2) is 0 Å². The maximum Gasteiger partial charge on any atom is 0.446 e. The first kappa shape index (κ1) is 16.4. The van der Waals surface area contributed by atoms with Gasteiger partial charge in [0.1, 0.15) is 0 Å². The SMILES string of the molecule is Cc1cc(CCCC(C)(C)N)cc(SC(F)(F)F)c1. The van der Waals surface area contributed by atoms with Gasteiger partial charge < -0.3 is 5.73 Å². The highest BCUT2D eigenvalue weighted by Crippen LogP contribution is 2.37. The van der Waals surface area contributed by atoms with Crippen LogP contribution in [0.15, 0.2) is 23.1 Å². The molecule has 1 rings (SSSR count). The fourth-order valence-corrected chi connectivity index (χ4v) is 2.63. The van der Waals surface area contributed by atoms with Gasteiger partial charge in [0.2, 0.25) is 0 Å². The third kappa shape index (κ3) is 7.47. The van der Waals surface area contributed by atoms with Gasteiger partial charge in [-0.3, -0.25) is 0 Å². The Bertz CT molecular complexity index is 422. The molecule has 0 saturated carbocycles. The number of aryl methyl sites for hydroxylation is 2. The molecule has 0 radical (unpaired) electrons. The highest BCUT2D eigenvalue weighted by molar-refractivity contribution is 8.00. The Morgan fingerprint density at radius 2 is 1.79 bits per heavy atom. The first-order valence-electron chi connectivity index (χ1n) is 6.20. The van der Waals surface area contributed by atoms with Crippen LogP contribution >= 0.6 is 11.8 Å². The minimum atomic E-state index is -4.23. The Balaban J connectivity index is 2.69. The molecule has 1 aromatic rings. The van der Waals surface area contributed by atoms with Crippen LogP contribution in [0.3, 0.4) is 0 Å². The Hall–Kier alpha value is -0.680. The molecule has 0 spiro atoms. The van der Waals surface area contributed by atoms with Gasteiger partial charge in [-0.25, -0.2) is 0 Å². The minimum Gasteiger partial charge on any atom is -0.326 e. The Morgan fingerprint density at radius 1 is 1.16 bits per heavy atom. The second-order valence-electron chi connectivity index (χ2n) is 5.54. The summed E-state index contributed by atoms with van der Waals surface area (Å²) in [4.78, 5) is 0.259. The van der Waals surface area contributed by atoms with Gasteiger partial charge >= 0.3 is 5.51 Å². The number of hydrogen-bond acceptors (Lipinski definition) is 2. The number of benzene rings is 1. The number of thioether (sulfide) groups is 1. The van der Waals surface area contributed by atoms with E-state index in [-0.39, 0.29) is 22.2 Å². The van der Waals surface area contributed by atoms with Crippen LogP contribution in [0, 0.1) is 6.92 Å². The van der Waals surface area contributed by atoms with Crippen molar-refractivity contribution >= 4 is 11.8 Å². The highest BCUT2D eigenvalue weighted by atomic mass is 32.2. The summed E-state index contributed by atoms with van der Waals surface area (Å²) in [7, 11) is 0. The number of rotatable bonds is 5. The van der Waals surface area contributed by atoms with Crippen LogP contribution in [0.25, 0.3) is 0 Å². The standard InChI is InChI=1S/C14H20F3NS/c1-10-7-11(5-4-6-13(2,3)18)9-12(8-10)19-14(15,16)17/h7-9H,4-6,18H2,1-3H3. The van der Waals surface area contributed by atoms with Crippen LogP contribution in [-0.4, -0.2) is 11.0 Å². The van der Waals surface area contributed by atoms with Gasteiger partial charge in [0.25, 0.3) is 0 Å². The zero-order valence-corrected chi connectivity index (χ0v) is 12.3. The molecule has 0 aliphatic rings. The smallest absolute Gasteiger partial charge is 0.326 e. The van der Waals surface area contributed by atoms with Crippen LogP contribution in [0.4, 0.5) is 13.2 Å². The van der Waals surface area contributed by atoms with E-state index >= 15 is 0 Å². The van der Waals surface area contributed by atoms with Gasteiger partial charge in [-0.15, -0.1) is 0 Å². The zero-order chi connectivity index (χ0) is 14.7. The molecule has 0 atom stereocenters. The van der Waals surface area contributed by atoms with E-state index in [1.807, 2.05) is 26.8 Å². The van der Waals surface area contributed by atoms with E-state index in [4.69, 9.17) is 5.73 Å². The van der Waals surface area contributed by atoms with Crippen molar-refractivity contribution in [3.05, 3.63) is 29.3 Å². The lowest BCUT2D eigenvalue weighted by Gasteiger charge is -2.18. The molecule has 108 valence electrons. The van der Waals surface area contributed by atoms with Crippen molar-refractivity contribution in [3.63, 3.8) is 0 Å². The fourth-order valence-electron chi connectivity index (χ4n) is 1.91. The maximum atomic E-state index is 12.4. The van der Waals surface area contributed by atoms with E-state index in [9.17, 15) is 13.2 Å².